The highest BCUT2D eigenvalue weighted by molar-refractivity contribution is 9.10. The van der Waals surface area contributed by atoms with Gasteiger partial charge in [-0.05, 0) is 30.7 Å². The van der Waals surface area contributed by atoms with Crippen LogP contribution in [0.1, 0.15) is 16.8 Å². The Morgan fingerprint density at radius 2 is 1.83 bits per heavy atom. The van der Waals surface area contributed by atoms with Crippen molar-refractivity contribution in [2.45, 2.75) is 18.2 Å². The molecule has 4 rings (SSSR count). The van der Waals surface area contributed by atoms with Crippen LogP contribution in [0.2, 0.25) is 0 Å². The molecule has 0 bridgehead atoms. The van der Waals surface area contributed by atoms with E-state index in [9.17, 15) is 8.42 Å². The molecule has 29 heavy (non-hydrogen) atoms. The number of rotatable bonds is 5. The predicted octanol–water partition coefficient (Wildman–Crippen LogP) is 4.32. The third-order valence-corrected chi connectivity index (χ3v) is 8.29. The number of halogens is 1. The molecule has 0 spiro atoms. The Morgan fingerprint density at radius 1 is 1.07 bits per heavy atom. The van der Waals surface area contributed by atoms with Gasteiger partial charge in [-0.25, -0.2) is 13.4 Å². The summed E-state index contributed by atoms with van der Waals surface area (Å²) < 4.78 is 28.1. The van der Waals surface area contributed by atoms with Crippen LogP contribution < -0.4 is 4.90 Å². The topological polar surface area (TPSA) is 53.5 Å². The Morgan fingerprint density at radius 3 is 2.55 bits per heavy atom. The van der Waals surface area contributed by atoms with Crippen molar-refractivity contribution in [2.75, 3.05) is 31.1 Å². The molecule has 0 radical (unpaired) electrons. The van der Waals surface area contributed by atoms with Gasteiger partial charge < -0.3 is 4.90 Å². The molecule has 2 aromatic carbocycles. The molecule has 0 atom stereocenters. The monoisotopic (exact) mass is 491 g/mol. The normalized spacial score (nSPS) is 15.6. The van der Waals surface area contributed by atoms with Crippen molar-refractivity contribution in [1.29, 1.82) is 0 Å². The number of sulfonamides is 1. The van der Waals surface area contributed by atoms with Crippen molar-refractivity contribution in [2.24, 2.45) is 0 Å². The lowest BCUT2D eigenvalue weighted by Gasteiger charge is -2.33. The highest BCUT2D eigenvalue weighted by atomic mass is 79.9. The Bertz CT molecular complexity index is 1110. The van der Waals surface area contributed by atoms with Crippen LogP contribution in [0.3, 0.4) is 0 Å². The van der Waals surface area contributed by atoms with Crippen LogP contribution in [0, 0.1) is 6.92 Å². The minimum Gasteiger partial charge on any atom is -0.345 e. The van der Waals surface area contributed by atoms with Crippen molar-refractivity contribution >= 4 is 42.4 Å². The van der Waals surface area contributed by atoms with Gasteiger partial charge in [-0.2, -0.15) is 4.31 Å². The van der Waals surface area contributed by atoms with E-state index in [-0.39, 0.29) is 0 Å². The molecule has 1 aliphatic rings. The van der Waals surface area contributed by atoms with Gasteiger partial charge in [0.15, 0.2) is 5.13 Å². The fraction of sp³-hybridized carbons (Fsp3) is 0.286. The zero-order chi connectivity index (χ0) is 20.4. The van der Waals surface area contributed by atoms with E-state index < -0.39 is 10.0 Å². The first-order chi connectivity index (χ1) is 13.9. The first-order valence-corrected chi connectivity index (χ1v) is 12.5. The fourth-order valence-electron chi connectivity index (χ4n) is 3.45. The van der Waals surface area contributed by atoms with Crippen LogP contribution in [0.25, 0.3) is 0 Å². The van der Waals surface area contributed by atoms with Gasteiger partial charge in [-0.15, -0.1) is 11.3 Å². The highest BCUT2D eigenvalue weighted by Crippen LogP contribution is 2.26. The number of piperazine rings is 1. The van der Waals surface area contributed by atoms with Crippen molar-refractivity contribution in [3.63, 3.8) is 0 Å². The van der Waals surface area contributed by atoms with Crippen LogP contribution in [-0.2, 0) is 16.4 Å². The molecule has 8 heteroatoms. The van der Waals surface area contributed by atoms with Crippen LogP contribution in [0.5, 0.6) is 0 Å². The lowest BCUT2D eigenvalue weighted by Crippen LogP contribution is -2.48. The van der Waals surface area contributed by atoms with E-state index in [1.807, 2.05) is 6.07 Å². The van der Waals surface area contributed by atoms with Crippen LogP contribution in [-0.4, -0.2) is 43.9 Å². The smallest absolute Gasteiger partial charge is 0.243 e. The maximum atomic E-state index is 12.9. The number of anilines is 1. The van der Waals surface area contributed by atoms with E-state index in [0.717, 1.165) is 21.7 Å². The van der Waals surface area contributed by atoms with Gasteiger partial charge in [0.2, 0.25) is 10.0 Å². The van der Waals surface area contributed by atoms with Gasteiger partial charge in [0.1, 0.15) is 0 Å². The molecular formula is C21H22BrN3O2S2. The Kier molecular flexibility index (Phi) is 6.06. The summed E-state index contributed by atoms with van der Waals surface area (Å²) in [6.45, 7) is 4.30. The van der Waals surface area contributed by atoms with Gasteiger partial charge in [-0.3, -0.25) is 0 Å². The fourth-order valence-corrected chi connectivity index (χ4v) is 6.35. The van der Waals surface area contributed by atoms with E-state index in [1.54, 1.807) is 33.8 Å². The minimum absolute atomic E-state index is 0.329. The molecule has 1 fully saturated rings. The summed E-state index contributed by atoms with van der Waals surface area (Å²) in [5, 5.41) is 3.06. The summed E-state index contributed by atoms with van der Waals surface area (Å²) in [4.78, 5) is 7.29. The summed E-state index contributed by atoms with van der Waals surface area (Å²) in [6, 6.07) is 15.3. The van der Waals surface area contributed by atoms with Crippen molar-refractivity contribution in [1.82, 2.24) is 9.29 Å². The number of nitrogens with zero attached hydrogens (tertiary/aromatic N) is 3. The highest BCUT2D eigenvalue weighted by Gasteiger charge is 2.29. The minimum atomic E-state index is -3.47. The van der Waals surface area contributed by atoms with Gasteiger partial charge >= 0.3 is 0 Å². The number of benzene rings is 2. The summed E-state index contributed by atoms with van der Waals surface area (Å²) in [7, 11) is -3.47. The molecule has 0 saturated carbocycles. The zero-order valence-corrected chi connectivity index (χ0v) is 19.3. The van der Waals surface area contributed by atoms with E-state index in [0.29, 0.717) is 31.1 Å². The van der Waals surface area contributed by atoms with E-state index >= 15 is 0 Å². The summed E-state index contributed by atoms with van der Waals surface area (Å²) >= 11 is 4.98. The standard InChI is InChI=1S/C21H22BrN3O2S2/c1-16-4-2-5-17(12-16)13-19-15-28-21(23-19)24-8-10-25(11-9-24)29(26,27)20-7-3-6-18(22)14-20/h2-7,12,14-15H,8-11,13H2,1H3. The summed E-state index contributed by atoms with van der Waals surface area (Å²) in [5.41, 5.74) is 3.56. The molecule has 1 saturated heterocycles. The number of hydrogen-bond donors (Lipinski definition) is 0. The number of hydrogen-bond acceptors (Lipinski definition) is 5. The van der Waals surface area contributed by atoms with Gasteiger partial charge in [0.25, 0.3) is 0 Å². The molecule has 2 heterocycles. The van der Waals surface area contributed by atoms with Crippen molar-refractivity contribution < 1.29 is 8.42 Å². The molecule has 3 aromatic rings. The average molecular weight is 492 g/mol. The average Bonchev–Trinajstić information content (AvgIpc) is 3.16. The third-order valence-electron chi connectivity index (χ3n) is 4.95. The van der Waals surface area contributed by atoms with Crippen LogP contribution in [0.15, 0.2) is 63.3 Å². The SMILES string of the molecule is Cc1cccc(Cc2csc(N3CCN(S(=O)(=O)c4cccc(Br)c4)CC3)n2)c1. The molecule has 0 aliphatic carbocycles. The van der Waals surface area contributed by atoms with Gasteiger partial charge in [0.05, 0.1) is 10.6 Å². The molecule has 1 aliphatic heterocycles. The molecule has 0 unspecified atom stereocenters. The summed E-state index contributed by atoms with van der Waals surface area (Å²) in [6.07, 6.45) is 0.815. The maximum absolute atomic E-state index is 12.9. The Hall–Kier alpha value is -1.74. The lowest BCUT2D eigenvalue weighted by atomic mass is 10.1. The quantitative estimate of drug-likeness (QED) is 0.533. The second-order valence-corrected chi connectivity index (χ2v) is 10.8. The first-order valence-electron chi connectivity index (χ1n) is 9.42. The molecular weight excluding hydrogens is 470 g/mol. The second kappa shape index (κ2) is 8.55. The maximum Gasteiger partial charge on any atom is 0.243 e. The number of aryl methyl sites for hydroxylation is 1. The number of thiazole rings is 1. The molecule has 0 amide bonds. The second-order valence-electron chi connectivity index (χ2n) is 7.14. The van der Waals surface area contributed by atoms with Gasteiger partial charge in [-0.1, -0.05) is 51.8 Å². The van der Waals surface area contributed by atoms with E-state index in [2.05, 4.69) is 57.4 Å². The molecule has 1 aromatic heterocycles. The Balaban J connectivity index is 1.40. The van der Waals surface area contributed by atoms with Crippen molar-refractivity contribution in [3.05, 3.63) is 75.2 Å². The third kappa shape index (κ3) is 4.71. The molecule has 152 valence electrons. The molecule has 0 N–H and O–H groups in total. The zero-order valence-electron chi connectivity index (χ0n) is 16.1. The van der Waals surface area contributed by atoms with Crippen LogP contribution in [0.4, 0.5) is 5.13 Å². The van der Waals surface area contributed by atoms with Gasteiger partial charge in [0, 0.05) is 42.5 Å². The first kappa shape index (κ1) is 20.5. The largest absolute Gasteiger partial charge is 0.345 e. The lowest BCUT2D eigenvalue weighted by molar-refractivity contribution is 0.384. The van der Waals surface area contributed by atoms with E-state index in [1.165, 1.54) is 11.1 Å². The molecule has 5 nitrogen and oxygen atoms in total. The summed E-state index contributed by atoms with van der Waals surface area (Å²) in [5.74, 6) is 0. The van der Waals surface area contributed by atoms with Crippen LogP contribution >= 0.6 is 27.3 Å². The predicted molar refractivity (Wildman–Crippen MR) is 121 cm³/mol. The van der Waals surface area contributed by atoms with Crippen molar-refractivity contribution in [3.8, 4) is 0 Å². The number of aromatic nitrogens is 1. The van der Waals surface area contributed by atoms with E-state index in [4.69, 9.17) is 4.98 Å². The Labute approximate surface area is 184 Å².